The number of benzene rings is 1. The monoisotopic (exact) mass is 222 g/mol. The fourth-order valence-electron chi connectivity index (χ4n) is 2.02. The molecule has 1 saturated heterocycles. The summed E-state index contributed by atoms with van der Waals surface area (Å²) >= 11 is 1.66. The maximum Gasteiger partial charge on any atom is 0.0320 e. The van der Waals surface area contributed by atoms with Gasteiger partial charge in [-0.3, -0.25) is 4.72 Å². The van der Waals surface area contributed by atoms with Gasteiger partial charge in [0.1, 0.15) is 0 Å². The number of hydrogen-bond donors (Lipinski definition) is 2. The molecule has 1 aromatic carbocycles. The Balaban J connectivity index is 2.02. The van der Waals surface area contributed by atoms with Crippen molar-refractivity contribution in [3.05, 3.63) is 29.8 Å². The van der Waals surface area contributed by atoms with Gasteiger partial charge in [0.05, 0.1) is 0 Å². The van der Waals surface area contributed by atoms with Crippen molar-refractivity contribution in [2.45, 2.75) is 30.2 Å². The molecule has 0 aliphatic carbocycles. The molecule has 82 valence electrons. The number of hydrogen-bond acceptors (Lipinski definition) is 3. The molecule has 1 aliphatic rings. The average molecular weight is 222 g/mol. The normalized spacial score (nSPS) is 21.5. The lowest BCUT2D eigenvalue weighted by atomic mass is 9.98. The van der Waals surface area contributed by atoms with Gasteiger partial charge in [-0.15, -0.1) is 0 Å². The summed E-state index contributed by atoms with van der Waals surface area (Å²) in [5.41, 5.74) is 1.43. The second kappa shape index (κ2) is 5.54. The lowest BCUT2D eigenvalue weighted by molar-refractivity contribution is 0.412. The van der Waals surface area contributed by atoms with Crippen molar-refractivity contribution in [3.63, 3.8) is 0 Å². The minimum atomic E-state index is 0.576. The summed E-state index contributed by atoms with van der Waals surface area (Å²) in [5.74, 6) is 0. The second-order valence-corrected chi connectivity index (χ2v) is 4.96. The lowest BCUT2D eigenvalue weighted by Gasteiger charge is -2.23. The fraction of sp³-hybridized carbons (Fsp3) is 0.500. The Bertz CT molecular complexity index is 291. The van der Waals surface area contributed by atoms with Gasteiger partial charge in [0.25, 0.3) is 0 Å². The summed E-state index contributed by atoms with van der Waals surface area (Å²) in [6.45, 7) is 1.16. The third-order valence-corrected chi connectivity index (χ3v) is 3.52. The van der Waals surface area contributed by atoms with Gasteiger partial charge in [-0.05, 0) is 56.1 Å². The lowest BCUT2D eigenvalue weighted by Crippen LogP contribution is -2.26. The molecule has 3 heteroatoms. The molecular formula is C12H18N2S. The molecule has 0 aromatic heterocycles. The zero-order valence-corrected chi connectivity index (χ0v) is 9.94. The maximum absolute atomic E-state index is 3.56. The summed E-state index contributed by atoms with van der Waals surface area (Å²) in [6, 6.07) is 9.43. The molecule has 1 atom stereocenters. The quantitative estimate of drug-likeness (QED) is 0.769. The van der Waals surface area contributed by atoms with Crippen LogP contribution >= 0.6 is 11.9 Å². The van der Waals surface area contributed by atoms with E-state index >= 15 is 0 Å². The van der Waals surface area contributed by atoms with Crippen LogP contribution in [0.1, 0.15) is 30.9 Å². The van der Waals surface area contributed by atoms with Gasteiger partial charge in [0, 0.05) is 10.9 Å². The second-order valence-electron chi connectivity index (χ2n) is 3.88. The molecule has 0 saturated carbocycles. The van der Waals surface area contributed by atoms with Crippen molar-refractivity contribution in [1.82, 2.24) is 10.0 Å². The van der Waals surface area contributed by atoms with Crippen LogP contribution in [0.4, 0.5) is 0 Å². The minimum absolute atomic E-state index is 0.576. The number of rotatable bonds is 3. The van der Waals surface area contributed by atoms with E-state index in [1.54, 1.807) is 11.9 Å². The van der Waals surface area contributed by atoms with E-state index in [1.165, 1.54) is 29.7 Å². The summed E-state index contributed by atoms with van der Waals surface area (Å²) in [4.78, 5) is 1.28. The highest BCUT2D eigenvalue weighted by Gasteiger charge is 2.13. The first-order valence-electron chi connectivity index (χ1n) is 5.57. The topological polar surface area (TPSA) is 24.1 Å². The molecular weight excluding hydrogens is 204 g/mol. The van der Waals surface area contributed by atoms with Crippen molar-refractivity contribution < 1.29 is 0 Å². The highest BCUT2D eigenvalue weighted by molar-refractivity contribution is 7.97. The van der Waals surface area contributed by atoms with E-state index in [4.69, 9.17) is 0 Å². The minimum Gasteiger partial charge on any atom is -0.310 e. The van der Waals surface area contributed by atoms with E-state index < -0.39 is 0 Å². The van der Waals surface area contributed by atoms with E-state index in [1.807, 2.05) is 7.05 Å². The smallest absolute Gasteiger partial charge is 0.0320 e. The van der Waals surface area contributed by atoms with Crippen LogP contribution in [0.3, 0.4) is 0 Å². The predicted molar refractivity (Wildman–Crippen MR) is 66.0 cm³/mol. The largest absolute Gasteiger partial charge is 0.310 e. The highest BCUT2D eigenvalue weighted by Crippen LogP contribution is 2.24. The fourth-order valence-corrected chi connectivity index (χ4v) is 2.53. The molecule has 0 radical (unpaired) electrons. The van der Waals surface area contributed by atoms with Crippen LogP contribution in [0.5, 0.6) is 0 Å². The van der Waals surface area contributed by atoms with E-state index in [0.29, 0.717) is 6.04 Å². The molecule has 1 aromatic rings. The molecule has 2 rings (SSSR count). The van der Waals surface area contributed by atoms with Crippen molar-refractivity contribution >= 4 is 11.9 Å². The number of piperidine rings is 1. The Morgan fingerprint density at radius 3 is 2.67 bits per heavy atom. The van der Waals surface area contributed by atoms with Crippen LogP contribution < -0.4 is 10.0 Å². The molecule has 0 amide bonds. The van der Waals surface area contributed by atoms with Gasteiger partial charge < -0.3 is 5.32 Å². The van der Waals surface area contributed by atoms with Crippen molar-refractivity contribution in [1.29, 1.82) is 0 Å². The van der Waals surface area contributed by atoms with Crippen LogP contribution in [-0.4, -0.2) is 13.6 Å². The van der Waals surface area contributed by atoms with Crippen molar-refractivity contribution in [2.75, 3.05) is 13.6 Å². The standard InChI is InChI=1S/C12H18N2S/c1-13-15-11-7-5-10(6-8-11)12-4-2-3-9-14-12/h5-8,12-14H,2-4,9H2,1H3. The predicted octanol–water partition coefficient (Wildman–Crippen LogP) is 2.73. The Hall–Kier alpha value is -0.510. The van der Waals surface area contributed by atoms with Gasteiger partial charge in [-0.25, -0.2) is 0 Å². The molecule has 1 unspecified atom stereocenters. The first kappa shape index (κ1) is 11.0. The molecule has 15 heavy (non-hydrogen) atoms. The Morgan fingerprint density at radius 2 is 2.07 bits per heavy atom. The van der Waals surface area contributed by atoms with Crippen molar-refractivity contribution in [2.24, 2.45) is 0 Å². The van der Waals surface area contributed by atoms with Crippen molar-refractivity contribution in [3.8, 4) is 0 Å². The van der Waals surface area contributed by atoms with E-state index in [2.05, 4.69) is 34.3 Å². The van der Waals surface area contributed by atoms with E-state index in [-0.39, 0.29) is 0 Å². The third-order valence-electron chi connectivity index (χ3n) is 2.81. The van der Waals surface area contributed by atoms with Crippen LogP contribution in [0, 0.1) is 0 Å². The SMILES string of the molecule is CNSc1ccc(C2CCCCN2)cc1. The summed E-state index contributed by atoms with van der Waals surface area (Å²) in [5, 5.41) is 3.56. The molecule has 1 fully saturated rings. The zero-order valence-electron chi connectivity index (χ0n) is 9.12. The average Bonchev–Trinajstić information content (AvgIpc) is 2.32. The highest BCUT2D eigenvalue weighted by atomic mass is 32.2. The Morgan fingerprint density at radius 1 is 1.27 bits per heavy atom. The van der Waals surface area contributed by atoms with Gasteiger partial charge in [-0.1, -0.05) is 18.6 Å². The first-order valence-corrected chi connectivity index (χ1v) is 6.39. The van der Waals surface area contributed by atoms with Gasteiger partial charge in [-0.2, -0.15) is 0 Å². The Kier molecular flexibility index (Phi) is 4.06. The summed E-state index contributed by atoms with van der Waals surface area (Å²) in [7, 11) is 1.95. The molecule has 1 heterocycles. The summed E-state index contributed by atoms with van der Waals surface area (Å²) in [6.07, 6.45) is 3.95. The van der Waals surface area contributed by atoms with Crippen LogP contribution in [0.2, 0.25) is 0 Å². The maximum atomic E-state index is 3.56. The van der Waals surface area contributed by atoms with Gasteiger partial charge >= 0.3 is 0 Å². The zero-order chi connectivity index (χ0) is 10.5. The summed E-state index contributed by atoms with van der Waals surface area (Å²) < 4.78 is 3.08. The molecule has 0 spiro atoms. The van der Waals surface area contributed by atoms with Crippen LogP contribution in [-0.2, 0) is 0 Å². The van der Waals surface area contributed by atoms with Crippen LogP contribution in [0.25, 0.3) is 0 Å². The number of nitrogens with one attached hydrogen (secondary N) is 2. The third kappa shape index (κ3) is 2.97. The van der Waals surface area contributed by atoms with E-state index in [9.17, 15) is 0 Å². The molecule has 2 N–H and O–H groups in total. The van der Waals surface area contributed by atoms with Gasteiger partial charge in [0.2, 0.25) is 0 Å². The molecule has 2 nitrogen and oxygen atoms in total. The molecule has 0 bridgehead atoms. The molecule has 1 aliphatic heterocycles. The van der Waals surface area contributed by atoms with Gasteiger partial charge in [0.15, 0.2) is 0 Å². The Labute approximate surface area is 96.0 Å². The van der Waals surface area contributed by atoms with Crippen LogP contribution in [0.15, 0.2) is 29.2 Å². The first-order chi connectivity index (χ1) is 7.40. The van der Waals surface area contributed by atoms with E-state index in [0.717, 1.165) is 6.54 Å².